The molecule has 0 radical (unpaired) electrons. The molecule has 1 fully saturated rings. The topological polar surface area (TPSA) is 45.0 Å². The molecule has 3 heteroatoms. The van der Waals surface area contributed by atoms with Crippen molar-refractivity contribution in [3.05, 3.63) is 34.9 Å². The number of nitrogens with one attached hydrogen (secondary N) is 1. The fraction of sp³-hybridized carbons (Fsp3) is 0.417. The Hall–Kier alpha value is -1.37. The first-order valence-electron chi connectivity index (χ1n) is 5.11. The summed E-state index contributed by atoms with van der Waals surface area (Å²) in [6.07, 6.45) is 0.361. The molecular formula is C12H14N2O. The van der Waals surface area contributed by atoms with Gasteiger partial charge < -0.3 is 10.1 Å². The molecule has 0 amide bonds. The van der Waals surface area contributed by atoms with Crippen LogP contribution in [0, 0.1) is 18.3 Å². The minimum Gasteiger partial charge on any atom is -0.371 e. The van der Waals surface area contributed by atoms with Crippen molar-refractivity contribution in [2.45, 2.75) is 19.6 Å². The van der Waals surface area contributed by atoms with E-state index in [1.54, 1.807) is 0 Å². The molecule has 0 aromatic heterocycles. The molecule has 0 atom stereocenters. The molecule has 1 aliphatic heterocycles. The molecule has 0 unspecified atom stereocenters. The highest BCUT2D eigenvalue weighted by molar-refractivity contribution is 5.37. The van der Waals surface area contributed by atoms with Gasteiger partial charge in [-0.25, -0.2) is 0 Å². The van der Waals surface area contributed by atoms with Crippen LogP contribution < -0.4 is 5.32 Å². The number of hydrogen-bond acceptors (Lipinski definition) is 3. The van der Waals surface area contributed by atoms with Gasteiger partial charge in [0.15, 0.2) is 0 Å². The summed E-state index contributed by atoms with van der Waals surface area (Å²) in [5, 5.41) is 11.9. The zero-order valence-corrected chi connectivity index (χ0v) is 8.79. The number of nitrogens with zero attached hydrogens (tertiary/aromatic N) is 1. The molecule has 0 saturated carbocycles. The van der Waals surface area contributed by atoms with Gasteiger partial charge in [-0.05, 0) is 30.2 Å². The van der Waals surface area contributed by atoms with Crippen LogP contribution in [0.1, 0.15) is 16.7 Å². The SMILES string of the molecule is Cc1cc(C#N)ccc1COC1CNC1. The van der Waals surface area contributed by atoms with E-state index in [0.29, 0.717) is 18.3 Å². The van der Waals surface area contributed by atoms with Gasteiger partial charge in [0.2, 0.25) is 0 Å². The Morgan fingerprint density at radius 3 is 2.87 bits per heavy atom. The van der Waals surface area contributed by atoms with E-state index in [1.165, 1.54) is 5.56 Å². The lowest BCUT2D eigenvalue weighted by molar-refractivity contribution is 0.00737. The van der Waals surface area contributed by atoms with Gasteiger partial charge in [0.05, 0.1) is 24.3 Å². The largest absolute Gasteiger partial charge is 0.371 e. The van der Waals surface area contributed by atoms with Gasteiger partial charge in [0, 0.05) is 13.1 Å². The monoisotopic (exact) mass is 202 g/mol. The molecule has 15 heavy (non-hydrogen) atoms. The molecule has 1 aliphatic rings. The van der Waals surface area contributed by atoms with Crippen LogP contribution in [0.2, 0.25) is 0 Å². The van der Waals surface area contributed by atoms with Crippen molar-refractivity contribution in [3.8, 4) is 6.07 Å². The van der Waals surface area contributed by atoms with Crippen molar-refractivity contribution < 1.29 is 4.74 Å². The maximum atomic E-state index is 8.73. The first kappa shape index (κ1) is 10.2. The average Bonchev–Trinajstić information content (AvgIpc) is 2.18. The van der Waals surface area contributed by atoms with Gasteiger partial charge in [-0.2, -0.15) is 5.26 Å². The summed E-state index contributed by atoms with van der Waals surface area (Å²) in [7, 11) is 0. The number of aryl methyl sites for hydroxylation is 1. The van der Waals surface area contributed by atoms with Crippen LogP contribution in [0.15, 0.2) is 18.2 Å². The van der Waals surface area contributed by atoms with Crippen molar-refractivity contribution in [2.75, 3.05) is 13.1 Å². The second-order valence-corrected chi connectivity index (χ2v) is 3.84. The first-order valence-corrected chi connectivity index (χ1v) is 5.11. The summed E-state index contributed by atoms with van der Waals surface area (Å²) < 4.78 is 5.67. The Morgan fingerprint density at radius 2 is 2.33 bits per heavy atom. The van der Waals surface area contributed by atoms with Crippen molar-refractivity contribution in [3.63, 3.8) is 0 Å². The Kier molecular flexibility index (Phi) is 3.00. The van der Waals surface area contributed by atoms with Crippen LogP contribution in [0.4, 0.5) is 0 Å². The second kappa shape index (κ2) is 4.43. The normalized spacial score (nSPS) is 15.7. The maximum Gasteiger partial charge on any atom is 0.0991 e. The van der Waals surface area contributed by atoms with Gasteiger partial charge in [-0.3, -0.25) is 0 Å². The third kappa shape index (κ3) is 2.35. The van der Waals surface area contributed by atoms with E-state index < -0.39 is 0 Å². The van der Waals surface area contributed by atoms with Gasteiger partial charge in [0.25, 0.3) is 0 Å². The molecule has 78 valence electrons. The van der Waals surface area contributed by atoms with Crippen LogP contribution >= 0.6 is 0 Å². The quantitative estimate of drug-likeness (QED) is 0.804. The van der Waals surface area contributed by atoms with Crippen molar-refractivity contribution in [2.24, 2.45) is 0 Å². The molecule has 1 N–H and O–H groups in total. The van der Waals surface area contributed by atoms with Crippen LogP contribution in [-0.2, 0) is 11.3 Å². The third-order valence-corrected chi connectivity index (χ3v) is 2.69. The van der Waals surface area contributed by atoms with Gasteiger partial charge in [-0.1, -0.05) is 6.07 Å². The molecule has 0 aliphatic carbocycles. The Balaban J connectivity index is 1.98. The number of hydrogen-bond donors (Lipinski definition) is 1. The van der Waals surface area contributed by atoms with Gasteiger partial charge >= 0.3 is 0 Å². The molecule has 1 aromatic carbocycles. The van der Waals surface area contributed by atoms with Crippen molar-refractivity contribution in [1.29, 1.82) is 5.26 Å². The maximum absolute atomic E-state index is 8.73. The number of benzene rings is 1. The number of ether oxygens (including phenoxy) is 1. The summed E-state index contributed by atoms with van der Waals surface area (Å²) in [5.41, 5.74) is 3.00. The molecule has 1 saturated heterocycles. The van der Waals surface area contributed by atoms with E-state index in [-0.39, 0.29) is 0 Å². The van der Waals surface area contributed by atoms with Gasteiger partial charge in [0.1, 0.15) is 0 Å². The molecule has 3 nitrogen and oxygen atoms in total. The highest BCUT2D eigenvalue weighted by Gasteiger charge is 2.16. The summed E-state index contributed by atoms with van der Waals surface area (Å²) >= 11 is 0. The number of rotatable bonds is 3. The smallest absolute Gasteiger partial charge is 0.0991 e. The third-order valence-electron chi connectivity index (χ3n) is 2.69. The predicted molar refractivity (Wildman–Crippen MR) is 57.3 cm³/mol. The summed E-state index contributed by atoms with van der Waals surface area (Å²) in [4.78, 5) is 0. The zero-order chi connectivity index (χ0) is 10.7. The molecule has 2 rings (SSSR count). The first-order chi connectivity index (χ1) is 7.29. The highest BCUT2D eigenvalue weighted by atomic mass is 16.5. The molecule has 1 aromatic rings. The second-order valence-electron chi connectivity index (χ2n) is 3.84. The van der Waals surface area contributed by atoms with Crippen LogP contribution in [0.3, 0.4) is 0 Å². The van der Waals surface area contributed by atoms with E-state index in [1.807, 2.05) is 25.1 Å². The van der Waals surface area contributed by atoms with Crippen molar-refractivity contribution in [1.82, 2.24) is 5.32 Å². The number of nitriles is 1. The highest BCUT2D eigenvalue weighted by Crippen LogP contribution is 2.13. The molecule has 0 spiro atoms. The average molecular weight is 202 g/mol. The lowest BCUT2D eigenvalue weighted by Gasteiger charge is -2.27. The Bertz CT molecular complexity index is 391. The molecule has 1 heterocycles. The van der Waals surface area contributed by atoms with Crippen LogP contribution in [-0.4, -0.2) is 19.2 Å². The fourth-order valence-corrected chi connectivity index (χ4v) is 1.52. The van der Waals surface area contributed by atoms with Crippen molar-refractivity contribution >= 4 is 0 Å². The Morgan fingerprint density at radius 1 is 1.53 bits per heavy atom. The summed E-state index contributed by atoms with van der Waals surface area (Å²) in [6, 6.07) is 7.84. The lowest BCUT2D eigenvalue weighted by atomic mass is 10.1. The van der Waals surface area contributed by atoms with Crippen LogP contribution in [0.5, 0.6) is 0 Å². The van der Waals surface area contributed by atoms with E-state index in [2.05, 4.69) is 11.4 Å². The van der Waals surface area contributed by atoms with E-state index >= 15 is 0 Å². The van der Waals surface area contributed by atoms with E-state index in [0.717, 1.165) is 18.7 Å². The molecule has 0 bridgehead atoms. The minimum absolute atomic E-state index is 0.361. The minimum atomic E-state index is 0.361. The fourth-order valence-electron chi connectivity index (χ4n) is 1.52. The Labute approximate surface area is 89.7 Å². The van der Waals surface area contributed by atoms with E-state index in [4.69, 9.17) is 10.00 Å². The lowest BCUT2D eigenvalue weighted by Crippen LogP contribution is -2.48. The molecular weight excluding hydrogens is 188 g/mol. The summed E-state index contributed by atoms with van der Waals surface area (Å²) in [5.74, 6) is 0. The zero-order valence-electron chi connectivity index (χ0n) is 8.79. The van der Waals surface area contributed by atoms with E-state index in [9.17, 15) is 0 Å². The van der Waals surface area contributed by atoms with Crippen LogP contribution in [0.25, 0.3) is 0 Å². The standard InChI is InChI=1S/C12H14N2O/c1-9-4-10(5-13)2-3-11(9)8-15-12-6-14-7-12/h2-4,12,14H,6-8H2,1H3. The summed E-state index contributed by atoms with van der Waals surface area (Å²) in [6.45, 7) is 4.56. The van der Waals surface area contributed by atoms with Gasteiger partial charge in [-0.15, -0.1) is 0 Å². The predicted octanol–water partition coefficient (Wildman–Crippen LogP) is 1.36.